The van der Waals surface area contributed by atoms with Gasteiger partial charge in [0.05, 0.1) is 15.7 Å². The van der Waals surface area contributed by atoms with E-state index in [0.29, 0.717) is 22.1 Å². The van der Waals surface area contributed by atoms with E-state index in [1.807, 2.05) is 18.2 Å². The van der Waals surface area contributed by atoms with Crippen LogP contribution in [-0.4, -0.2) is 25.2 Å². The molecule has 0 aromatic heterocycles. The van der Waals surface area contributed by atoms with Gasteiger partial charge in [0.25, 0.3) is 0 Å². The molecule has 94 valence electrons. The van der Waals surface area contributed by atoms with Crippen molar-refractivity contribution in [2.45, 2.75) is 32.4 Å². The fourth-order valence-corrected chi connectivity index (χ4v) is 2.66. The minimum absolute atomic E-state index is 0.439. The Hall–Kier alpha value is -0.440. The highest BCUT2D eigenvalue weighted by Crippen LogP contribution is 2.34. The molecule has 1 aromatic rings. The molecule has 1 saturated heterocycles. The third kappa shape index (κ3) is 2.70. The van der Waals surface area contributed by atoms with Crippen LogP contribution in [0.25, 0.3) is 0 Å². The molecule has 1 aromatic carbocycles. The first-order chi connectivity index (χ1) is 8.13. The summed E-state index contributed by atoms with van der Waals surface area (Å²) in [5.74, 6) is 0. The van der Waals surface area contributed by atoms with Crippen molar-refractivity contribution in [1.82, 2.24) is 5.32 Å². The van der Waals surface area contributed by atoms with Crippen LogP contribution in [-0.2, 0) is 0 Å². The lowest BCUT2D eigenvalue weighted by Crippen LogP contribution is -2.55. The Bertz CT molecular complexity index is 395. The molecule has 2 unspecified atom stereocenters. The lowest BCUT2D eigenvalue weighted by molar-refractivity contribution is 0.397. The van der Waals surface area contributed by atoms with Gasteiger partial charge in [0.15, 0.2) is 0 Å². The summed E-state index contributed by atoms with van der Waals surface area (Å²) in [6.45, 7) is 6.38. The summed E-state index contributed by atoms with van der Waals surface area (Å²) in [4.78, 5) is 2.35. The highest BCUT2D eigenvalue weighted by Gasteiger charge is 2.25. The van der Waals surface area contributed by atoms with Crippen LogP contribution in [0.15, 0.2) is 18.2 Å². The first kappa shape index (κ1) is 13.0. The Morgan fingerprint density at radius 1 is 1.41 bits per heavy atom. The molecule has 17 heavy (non-hydrogen) atoms. The zero-order valence-corrected chi connectivity index (χ0v) is 11.7. The minimum atomic E-state index is 0.439. The molecule has 0 saturated carbocycles. The summed E-state index contributed by atoms with van der Waals surface area (Å²) in [6.07, 6.45) is 1.13. The highest BCUT2D eigenvalue weighted by molar-refractivity contribution is 6.43. The number of hydrogen-bond donors (Lipinski definition) is 1. The molecule has 0 aliphatic carbocycles. The second-order valence-corrected chi connectivity index (χ2v) is 5.37. The largest absolute Gasteiger partial charge is 0.365 e. The highest BCUT2D eigenvalue weighted by atomic mass is 35.5. The molecular formula is C13H18Cl2N2. The van der Waals surface area contributed by atoms with Gasteiger partial charge in [-0.05, 0) is 25.5 Å². The molecule has 1 aliphatic heterocycles. The lowest BCUT2D eigenvalue weighted by atomic mass is 10.1. The van der Waals surface area contributed by atoms with Gasteiger partial charge in [-0.2, -0.15) is 0 Å². The minimum Gasteiger partial charge on any atom is -0.365 e. The van der Waals surface area contributed by atoms with Crippen LogP contribution >= 0.6 is 23.2 Å². The van der Waals surface area contributed by atoms with Gasteiger partial charge in [-0.25, -0.2) is 0 Å². The topological polar surface area (TPSA) is 15.3 Å². The molecular weight excluding hydrogens is 255 g/mol. The zero-order valence-electron chi connectivity index (χ0n) is 10.2. The van der Waals surface area contributed by atoms with Crippen LogP contribution in [0.5, 0.6) is 0 Å². The van der Waals surface area contributed by atoms with Crippen molar-refractivity contribution in [2.75, 3.05) is 18.0 Å². The van der Waals surface area contributed by atoms with Crippen molar-refractivity contribution >= 4 is 28.9 Å². The summed E-state index contributed by atoms with van der Waals surface area (Å²) in [6, 6.07) is 6.80. The Morgan fingerprint density at radius 2 is 2.18 bits per heavy atom. The van der Waals surface area contributed by atoms with Crippen molar-refractivity contribution < 1.29 is 0 Å². The SMILES string of the molecule is CCC1CN(c2cccc(Cl)c2Cl)C(C)CN1. The van der Waals surface area contributed by atoms with Crippen LogP contribution in [0, 0.1) is 0 Å². The first-order valence-corrected chi connectivity index (χ1v) is 6.83. The van der Waals surface area contributed by atoms with Crippen molar-refractivity contribution in [3.63, 3.8) is 0 Å². The summed E-state index contributed by atoms with van der Waals surface area (Å²) >= 11 is 12.4. The molecule has 1 heterocycles. The van der Waals surface area contributed by atoms with E-state index in [1.54, 1.807) is 0 Å². The van der Waals surface area contributed by atoms with Crippen LogP contribution in [0.1, 0.15) is 20.3 Å². The fraction of sp³-hybridized carbons (Fsp3) is 0.538. The smallest absolute Gasteiger partial charge is 0.0825 e. The van der Waals surface area contributed by atoms with E-state index >= 15 is 0 Å². The van der Waals surface area contributed by atoms with Gasteiger partial charge in [0, 0.05) is 25.2 Å². The van der Waals surface area contributed by atoms with Crippen LogP contribution in [0.4, 0.5) is 5.69 Å². The predicted octanol–water partition coefficient (Wildman–Crippen LogP) is 3.57. The van der Waals surface area contributed by atoms with Crippen molar-refractivity contribution in [2.24, 2.45) is 0 Å². The number of hydrogen-bond acceptors (Lipinski definition) is 2. The number of halogens is 2. The van der Waals surface area contributed by atoms with E-state index in [9.17, 15) is 0 Å². The van der Waals surface area contributed by atoms with Gasteiger partial charge in [0.2, 0.25) is 0 Å². The quantitative estimate of drug-likeness (QED) is 0.886. The molecule has 4 heteroatoms. The normalized spacial score (nSPS) is 25.1. The third-order valence-corrected chi connectivity index (χ3v) is 4.19. The molecule has 0 radical (unpaired) electrons. The standard InChI is InChI=1S/C13H18Cl2N2/c1-3-10-8-17(9(2)7-16-10)12-6-4-5-11(14)13(12)15/h4-6,9-10,16H,3,7-8H2,1-2H3. The van der Waals surface area contributed by atoms with E-state index in [-0.39, 0.29) is 0 Å². The summed E-state index contributed by atoms with van der Waals surface area (Å²) in [5.41, 5.74) is 1.05. The molecule has 2 atom stereocenters. The third-order valence-electron chi connectivity index (χ3n) is 3.38. The Balaban J connectivity index is 2.27. The predicted molar refractivity (Wildman–Crippen MR) is 75.4 cm³/mol. The monoisotopic (exact) mass is 272 g/mol. The van der Waals surface area contributed by atoms with Gasteiger partial charge in [-0.3, -0.25) is 0 Å². The molecule has 1 fully saturated rings. The van der Waals surface area contributed by atoms with Crippen LogP contribution in [0.3, 0.4) is 0 Å². The van der Waals surface area contributed by atoms with Crippen molar-refractivity contribution in [3.05, 3.63) is 28.2 Å². The Labute approximate surface area is 113 Å². The molecule has 1 aliphatic rings. The Morgan fingerprint density at radius 3 is 2.88 bits per heavy atom. The molecule has 0 bridgehead atoms. The maximum Gasteiger partial charge on any atom is 0.0825 e. The van der Waals surface area contributed by atoms with E-state index in [1.165, 1.54) is 0 Å². The molecule has 2 nitrogen and oxygen atoms in total. The van der Waals surface area contributed by atoms with E-state index in [4.69, 9.17) is 23.2 Å². The van der Waals surface area contributed by atoms with Gasteiger partial charge in [-0.1, -0.05) is 36.2 Å². The van der Waals surface area contributed by atoms with E-state index < -0.39 is 0 Å². The lowest BCUT2D eigenvalue weighted by Gasteiger charge is -2.40. The van der Waals surface area contributed by atoms with Gasteiger partial charge < -0.3 is 10.2 Å². The first-order valence-electron chi connectivity index (χ1n) is 6.07. The number of nitrogens with one attached hydrogen (secondary N) is 1. The summed E-state index contributed by atoms with van der Waals surface area (Å²) in [5, 5.41) is 4.83. The summed E-state index contributed by atoms with van der Waals surface area (Å²) < 4.78 is 0. The van der Waals surface area contributed by atoms with Gasteiger partial charge in [-0.15, -0.1) is 0 Å². The average Bonchev–Trinajstić information content (AvgIpc) is 2.34. The number of nitrogens with zero attached hydrogens (tertiary/aromatic N) is 1. The molecule has 0 spiro atoms. The fourth-order valence-electron chi connectivity index (χ4n) is 2.25. The van der Waals surface area contributed by atoms with Gasteiger partial charge in [0.1, 0.15) is 0 Å². The van der Waals surface area contributed by atoms with Crippen LogP contribution in [0.2, 0.25) is 10.0 Å². The maximum absolute atomic E-state index is 6.29. The zero-order chi connectivity index (χ0) is 12.4. The number of rotatable bonds is 2. The second kappa shape index (κ2) is 5.47. The van der Waals surface area contributed by atoms with E-state index in [2.05, 4.69) is 24.1 Å². The van der Waals surface area contributed by atoms with Crippen LogP contribution < -0.4 is 10.2 Å². The Kier molecular flexibility index (Phi) is 4.18. The summed E-state index contributed by atoms with van der Waals surface area (Å²) in [7, 11) is 0. The number of piperazine rings is 1. The maximum atomic E-state index is 6.29. The van der Waals surface area contributed by atoms with Crippen molar-refractivity contribution in [3.8, 4) is 0 Å². The average molecular weight is 273 g/mol. The molecule has 0 amide bonds. The van der Waals surface area contributed by atoms with Gasteiger partial charge >= 0.3 is 0 Å². The second-order valence-electron chi connectivity index (χ2n) is 4.59. The number of anilines is 1. The molecule has 2 rings (SSSR count). The molecule has 1 N–H and O–H groups in total. The van der Waals surface area contributed by atoms with Crippen molar-refractivity contribution in [1.29, 1.82) is 0 Å². The number of benzene rings is 1. The van der Waals surface area contributed by atoms with E-state index in [0.717, 1.165) is 25.2 Å².